The highest BCUT2D eigenvalue weighted by Gasteiger charge is 2.20. The van der Waals surface area contributed by atoms with Crippen molar-refractivity contribution in [2.75, 3.05) is 4.72 Å². The standard InChI is InChI=1S/C21H21N5O4S/c1-11-9-15-16(24-21(28)20(27)23-15)10-18(11)31(29,30)25-14-7-12(2)19(13(3)8-14)17-5-6-22-26(17)4/h5-10,25H,1-4H3,(H,23,27)(H,24,28). The number of nitrogens with one attached hydrogen (secondary N) is 3. The van der Waals surface area contributed by atoms with Crippen LogP contribution < -0.4 is 15.8 Å². The van der Waals surface area contributed by atoms with Gasteiger partial charge in [-0.3, -0.25) is 19.0 Å². The number of nitrogens with zero attached hydrogens (tertiary/aromatic N) is 2. The van der Waals surface area contributed by atoms with Crippen LogP contribution in [0.1, 0.15) is 16.7 Å². The first-order valence-corrected chi connectivity index (χ1v) is 10.9. The number of aromatic nitrogens is 4. The molecule has 2 aromatic heterocycles. The van der Waals surface area contributed by atoms with Gasteiger partial charge in [0, 0.05) is 24.5 Å². The molecule has 0 atom stereocenters. The minimum atomic E-state index is -3.95. The summed E-state index contributed by atoms with van der Waals surface area (Å²) in [5.41, 5.74) is 3.54. The summed E-state index contributed by atoms with van der Waals surface area (Å²) < 4.78 is 30.6. The van der Waals surface area contributed by atoms with E-state index in [1.165, 1.54) is 12.1 Å². The molecule has 0 unspecified atom stereocenters. The van der Waals surface area contributed by atoms with Gasteiger partial charge in [0.05, 0.1) is 21.6 Å². The number of fused-ring (bicyclic) bond motifs is 1. The Morgan fingerprint density at radius 3 is 2.03 bits per heavy atom. The fraction of sp³-hybridized carbons (Fsp3) is 0.190. The molecule has 0 amide bonds. The monoisotopic (exact) mass is 439 g/mol. The molecule has 0 saturated carbocycles. The zero-order valence-corrected chi connectivity index (χ0v) is 18.2. The van der Waals surface area contributed by atoms with Crippen LogP contribution in [0.2, 0.25) is 0 Å². The first-order chi connectivity index (χ1) is 14.6. The molecule has 0 saturated heterocycles. The average Bonchev–Trinajstić information content (AvgIpc) is 3.07. The third-order valence-electron chi connectivity index (χ3n) is 5.17. The molecule has 0 bridgehead atoms. The maximum absolute atomic E-state index is 13.1. The third-order valence-corrected chi connectivity index (χ3v) is 6.69. The lowest BCUT2D eigenvalue weighted by Gasteiger charge is -2.15. The lowest BCUT2D eigenvalue weighted by Crippen LogP contribution is -2.29. The molecule has 0 fully saturated rings. The lowest BCUT2D eigenvalue weighted by molar-refractivity contribution is 0.600. The molecule has 0 aliphatic rings. The van der Waals surface area contributed by atoms with Gasteiger partial charge in [0.15, 0.2) is 0 Å². The van der Waals surface area contributed by atoms with Crippen LogP contribution in [-0.2, 0) is 17.1 Å². The summed E-state index contributed by atoms with van der Waals surface area (Å²) in [6.45, 7) is 5.45. The van der Waals surface area contributed by atoms with Gasteiger partial charge >= 0.3 is 11.1 Å². The van der Waals surface area contributed by atoms with E-state index < -0.39 is 21.1 Å². The molecule has 4 rings (SSSR count). The van der Waals surface area contributed by atoms with E-state index in [0.29, 0.717) is 16.8 Å². The molecule has 10 heteroatoms. The van der Waals surface area contributed by atoms with Crippen molar-refractivity contribution in [3.05, 3.63) is 73.9 Å². The van der Waals surface area contributed by atoms with E-state index in [2.05, 4.69) is 19.8 Å². The molecule has 0 radical (unpaired) electrons. The number of hydrogen-bond acceptors (Lipinski definition) is 5. The van der Waals surface area contributed by atoms with Gasteiger partial charge in [-0.05, 0) is 67.8 Å². The Balaban J connectivity index is 1.77. The fourth-order valence-electron chi connectivity index (χ4n) is 3.80. The second-order valence-electron chi connectivity index (χ2n) is 7.50. The second-order valence-corrected chi connectivity index (χ2v) is 9.15. The van der Waals surface area contributed by atoms with E-state index in [9.17, 15) is 18.0 Å². The molecule has 0 aliphatic carbocycles. The molecule has 0 spiro atoms. The number of sulfonamides is 1. The van der Waals surface area contributed by atoms with E-state index in [1.54, 1.807) is 29.9 Å². The van der Waals surface area contributed by atoms with Gasteiger partial charge in [-0.15, -0.1) is 0 Å². The van der Waals surface area contributed by atoms with Crippen molar-refractivity contribution in [2.45, 2.75) is 25.7 Å². The first kappa shape index (κ1) is 20.6. The molecule has 2 aromatic carbocycles. The Kier molecular flexibility index (Phi) is 4.81. The highest BCUT2D eigenvalue weighted by Crippen LogP contribution is 2.31. The molecular formula is C21H21N5O4S. The predicted octanol–water partition coefficient (Wildman–Crippen LogP) is 2.34. The van der Waals surface area contributed by atoms with Crippen molar-refractivity contribution in [1.29, 1.82) is 0 Å². The molecule has 0 aliphatic heterocycles. The number of rotatable bonds is 4. The second kappa shape index (κ2) is 7.24. The van der Waals surface area contributed by atoms with Crippen LogP contribution in [0.15, 0.2) is 51.0 Å². The van der Waals surface area contributed by atoms with Crippen molar-refractivity contribution in [1.82, 2.24) is 19.7 Å². The van der Waals surface area contributed by atoms with Gasteiger partial charge in [-0.2, -0.15) is 5.10 Å². The van der Waals surface area contributed by atoms with Crippen LogP contribution in [-0.4, -0.2) is 28.2 Å². The molecule has 2 heterocycles. The smallest absolute Gasteiger partial charge is 0.314 e. The fourth-order valence-corrected chi connectivity index (χ4v) is 5.09. The normalized spacial score (nSPS) is 11.7. The van der Waals surface area contributed by atoms with Gasteiger partial charge < -0.3 is 9.97 Å². The highest BCUT2D eigenvalue weighted by atomic mass is 32.2. The Hall–Kier alpha value is -3.66. The van der Waals surface area contributed by atoms with Crippen LogP contribution in [0.4, 0.5) is 5.69 Å². The van der Waals surface area contributed by atoms with E-state index >= 15 is 0 Å². The highest BCUT2D eigenvalue weighted by molar-refractivity contribution is 7.92. The minimum Gasteiger partial charge on any atom is -0.316 e. The van der Waals surface area contributed by atoms with Gasteiger partial charge in [-0.25, -0.2) is 8.42 Å². The summed E-state index contributed by atoms with van der Waals surface area (Å²) in [4.78, 5) is 28.0. The molecule has 31 heavy (non-hydrogen) atoms. The van der Waals surface area contributed by atoms with E-state index in [4.69, 9.17) is 0 Å². The Morgan fingerprint density at radius 1 is 0.903 bits per heavy atom. The number of aromatic amines is 2. The topological polar surface area (TPSA) is 130 Å². The largest absolute Gasteiger partial charge is 0.316 e. The summed E-state index contributed by atoms with van der Waals surface area (Å²) in [7, 11) is -2.10. The zero-order chi connectivity index (χ0) is 22.5. The van der Waals surface area contributed by atoms with Crippen LogP contribution in [0, 0.1) is 20.8 Å². The summed E-state index contributed by atoms with van der Waals surface area (Å²) >= 11 is 0. The van der Waals surface area contributed by atoms with Crippen molar-refractivity contribution in [2.24, 2.45) is 7.05 Å². The van der Waals surface area contributed by atoms with E-state index in [0.717, 1.165) is 22.4 Å². The zero-order valence-electron chi connectivity index (χ0n) is 17.4. The summed E-state index contributed by atoms with van der Waals surface area (Å²) in [6.07, 6.45) is 1.71. The number of anilines is 1. The van der Waals surface area contributed by atoms with E-state index in [-0.39, 0.29) is 10.4 Å². The van der Waals surface area contributed by atoms with Crippen molar-refractivity contribution in [3.63, 3.8) is 0 Å². The SMILES string of the molecule is Cc1cc2[nH]c(=O)c(=O)[nH]c2cc1S(=O)(=O)Nc1cc(C)c(-c2ccnn2C)c(C)c1. The number of benzene rings is 2. The maximum atomic E-state index is 13.1. The minimum absolute atomic E-state index is 0.00807. The van der Waals surface area contributed by atoms with Gasteiger partial charge in [0.1, 0.15) is 0 Å². The predicted molar refractivity (Wildman–Crippen MR) is 119 cm³/mol. The van der Waals surface area contributed by atoms with Crippen molar-refractivity contribution in [3.8, 4) is 11.3 Å². The molecular weight excluding hydrogens is 418 g/mol. The third kappa shape index (κ3) is 3.66. The average molecular weight is 439 g/mol. The Labute approximate surface area is 177 Å². The Morgan fingerprint density at radius 2 is 1.48 bits per heavy atom. The van der Waals surface area contributed by atoms with Crippen LogP contribution >= 0.6 is 0 Å². The number of hydrogen-bond donors (Lipinski definition) is 3. The van der Waals surface area contributed by atoms with Crippen molar-refractivity contribution >= 4 is 26.7 Å². The summed E-state index contributed by atoms with van der Waals surface area (Å²) in [6, 6.07) is 8.30. The summed E-state index contributed by atoms with van der Waals surface area (Å²) in [5.74, 6) is 0. The van der Waals surface area contributed by atoms with Crippen molar-refractivity contribution < 1.29 is 8.42 Å². The first-order valence-electron chi connectivity index (χ1n) is 9.46. The van der Waals surface area contributed by atoms with Gasteiger partial charge in [-0.1, -0.05) is 0 Å². The Bertz CT molecular complexity index is 1540. The number of H-pyrrole nitrogens is 2. The van der Waals surface area contributed by atoms with Crippen LogP contribution in [0.5, 0.6) is 0 Å². The molecule has 9 nitrogen and oxygen atoms in total. The molecule has 3 N–H and O–H groups in total. The summed E-state index contributed by atoms with van der Waals surface area (Å²) in [5, 5.41) is 4.20. The maximum Gasteiger partial charge on any atom is 0.314 e. The van der Waals surface area contributed by atoms with Gasteiger partial charge in [0.25, 0.3) is 10.0 Å². The molecule has 4 aromatic rings. The van der Waals surface area contributed by atoms with Gasteiger partial charge in [0.2, 0.25) is 0 Å². The molecule has 160 valence electrons. The van der Waals surface area contributed by atoms with Crippen LogP contribution in [0.25, 0.3) is 22.3 Å². The quantitative estimate of drug-likeness (QED) is 0.420. The number of aryl methyl sites for hydroxylation is 4. The lowest BCUT2D eigenvalue weighted by atomic mass is 9.99. The van der Waals surface area contributed by atoms with E-state index in [1.807, 2.05) is 27.0 Å². The van der Waals surface area contributed by atoms with Crippen LogP contribution in [0.3, 0.4) is 0 Å².